The van der Waals surface area contributed by atoms with Gasteiger partial charge in [-0.3, -0.25) is 4.57 Å². The normalized spacial score (nSPS) is 13.0. The minimum absolute atomic E-state index is 0.0330. The Labute approximate surface area is 339 Å². The van der Waals surface area contributed by atoms with Crippen molar-refractivity contribution >= 4 is 144 Å². The van der Waals surface area contributed by atoms with Crippen molar-refractivity contribution in [1.29, 1.82) is 0 Å². The Hall–Kier alpha value is -5.22. The van der Waals surface area contributed by atoms with Crippen LogP contribution in [0.15, 0.2) is 103 Å². The molecule has 0 fully saturated rings. The summed E-state index contributed by atoms with van der Waals surface area (Å²) < 4.78 is 2.34. The van der Waals surface area contributed by atoms with Gasteiger partial charge >= 0.3 is 0 Å². The Balaban J connectivity index is 1.44. The summed E-state index contributed by atoms with van der Waals surface area (Å²) in [7, 11) is 21.9. The van der Waals surface area contributed by atoms with E-state index in [4.69, 9.17) is 4.98 Å². The van der Waals surface area contributed by atoms with E-state index >= 15 is 0 Å². The van der Waals surface area contributed by atoms with Crippen LogP contribution in [0.1, 0.15) is 12.7 Å². The van der Waals surface area contributed by atoms with Gasteiger partial charge in [-0.25, -0.2) is 4.98 Å². The average Bonchev–Trinajstić information content (AvgIpc) is 3.60. The molecule has 0 saturated carbocycles. The number of benzene rings is 7. The number of fused-ring (bicyclic) bond motifs is 3. The highest BCUT2D eigenvalue weighted by Crippen LogP contribution is 2.44. The maximum Gasteiger partial charge on any atom is 0.150 e. The molecule has 2 N–H and O–H groups in total. The first-order chi connectivity index (χ1) is 26.5. The predicted octanol–water partition coefficient (Wildman–Crippen LogP) is -3.88. The number of rotatable bonds is 6. The summed E-state index contributed by atoms with van der Waals surface area (Å²) in [5, 5.41) is 27.0. The summed E-state index contributed by atoms with van der Waals surface area (Å²) >= 11 is 0. The molecule has 0 bridgehead atoms. The van der Waals surface area contributed by atoms with E-state index < -0.39 is 0 Å². The molecule has 0 spiro atoms. The molecule has 7 aromatic carbocycles. The summed E-state index contributed by atoms with van der Waals surface area (Å²) in [4.78, 5) is 5.25. The molecular weight excluding hydrogens is 673 g/mol. The van der Waals surface area contributed by atoms with Crippen LogP contribution in [-0.4, -0.2) is 98.2 Å². The highest BCUT2D eigenvalue weighted by molar-refractivity contribution is 6.68. The Morgan fingerprint density at radius 1 is 0.500 bits per heavy atom. The quantitative estimate of drug-likeness (QED) is 0.105. The fourth-order valence-electron chi connectivity index (χ4n) is 8.68. The maximum atomic E-state index is 11.5. The highest BCUT2D eigenvalue weighted by Gasteiger charge is 2.38. The van der Waals surface area contributed by atoms with Crippen molar-refractivity contribution in [2.24, 2.45) is 0 Å². The largest absolute Gasteiger partial charge is 0.505 e. The van der Waals surface area contributed by atoms with Gasteiger partial charge in [0.05, 0.1) is 34.6 Å². The molecule has 1 atom stereocenters. The summed E-state index contributed by atoms with van der Waals surface area (Å²) in [6.07, 6.45) is 0. The second kappa shape index (κ2) is 13.5. The monoisotopic (exact) mass is 716 g/mol. The molecule has 1 unspecified atom stereocenters. The van der Waals surface area contributed by atoms with Crippen LogP contribution in [0, 0.1) is 0 Å². The number of hydrogen-bond acceptors (Lipinski definition) is 3. The number of phenols is 2. The van der Waals surface area contributed by atoms with Gasteiger partial charge in [-0.1, -0.05) is 90.6 Å². The molecule has 0 radical (unpaired) electrons. The van der Waals surface area contributed by atoms with Crippen molar-refractivity contribution in [2.75, 3.05) is 0 Å². The fourth-order valence-corrected chi connectivity index (χ4v) is 8.68. The summed E-state index contributed by atoms with van der Waals surface area (Å²) in [6, 6.07) is 36.5. The molecule has 14 heteroatoms. The molecular formula is C42H42B10N2O2. The zero-order chi connectivity index (χ0) is 40.0. The Kier molecular flexibility index (Phi) is 9.06. The van der Waals surface area contributed by atoms with Crippen LogP contribution in [0.25, 0.3) is 71.6 Å². The lowest BCUT2D eigenvalue weighted by Crippen LogP contribution is -2.48. The van der Waals surface area contributed by atoms with Crippen LogP contribution in [0.5, 0.6) is 11.5 Å². The summed E-state index contributed by atoms with van der Waals surface area (Å²) in [6.45, 7) is 2.30. The van der Waals surface area contributed by atoms with Crippen LogP contribution in [-0.2, 0) is 5.31 Å². The van der Waals surface area contributed by atoms with E-state index in [0.29, 0.717) is 10.9 Å². The maximum absolute atomic E-state index is 11.5. The van der Waals surface area contributed by atoms with Crippen molar-refractivity contribution in [3.05, 3.63) is 109 Å². The molecule has 0 amide bonds. The van der Waals surface area contributed by atoms with Crippen LogP contribution in [0.3, 0.4) is 0 Å². The van der Waals surface area contributed by atoms with Gasteiger partial charge in [-0.2, -0.15) is 0 Å². The smallest absolute Gasteiger partial charge is 0.150 e. The van der Waals surface area contributed by atoms with Crippen LogP contribution in [0.2, 0.25) is 5.11 Å². The molecule has 1 aromatic heterocycles. The van der Waals surface area contributed by atoms with Crippen molar-refractivity contribution in [3.63, 3.8) is 0 Å². The molecule has 0 saturated heterocycles. The number of imidazole rings is 1. The van der Waals surface area contributed by atoms with E-state index in [2.05, 4.69) is 171 Å². The lowest BCUT2D eigenvalue weighted by Gasteiger charge is -2.39. The summed E-state index contributed by atoms with van der Waals surface area (Å²) in [5.74, 6) is 0.902. The first kappa shape index (κ1) is 37.7. The Morgan fingerprint density at radius 2 is 0.964 bits per heavy atom. The number of aromatic nitrogens is 2. The van der Waals surface area contributed by atoms with Gasteiger partial charge in [0.1, 0.15) is 60.7 Å². The van der Waals surface area contributed by atoms with Gasteiger partial charge in [0.25, 0.3) is 0 Å². The van der Waals surface area contributed by atoms with E-state index in [0.717, 1.165) is 66.7 Å². The van der Waals surface area contributed by atoms with Gasteiger partial charge < -0.3 is 10.2 Å². The minimum atomic E-state index is -0.224. The molecule has 0 aliphatic rings. The first-order valence-corrected chi connectivity index (χ1v) is 19.7. The van der Waals surface area contributed by atoms with Crippen molar-refractivity contribution < 1.29 is 10.2 Å². The molecule has 8 rings (SSSR count). The molecule has 56 heavy (non-hydrogen) atoms. The third kappa shape index (κ3) is 5.62. The van der Waals surface area contributed by atoms with E-state index in [9.17, 15) is 10.2 Å². The van der Waals surface area contributed by atoms with Crippen LogP contribution < -0.4 is 32.8 Å². The predicted molar refractivity (Wildman–Crippen MR) is 269 cm³/mol. The zero-order valence-electron chi connectivity index (χ0n) is 34.6. The second-order valence-electron chi connectivity index (χ2n) is 17.3. The van der Waals surface area contributed by atoms with Crippen molar-refractivity contribution in [2.45, 2.75) is 17.4 Å². The van der Waals surface area contributed by atoms with Crippen LogP contribution >= 0.6 is 0 Å². The third-order valence-electron chi connectivity index (χ3n) is 13.3. The Bertz CT molecular complexity index is 2840. The van der Waals surface area contributed by atoms with Crippen molar-refractivity contribution in [1.82, 2.24) is 9.55 Å². The molecule has 8 aromatic rings. The minimum Gasteiger partial charge on any atom is -0.505 e. The van der Waals surface area contributed by atoms with Gasteiger partial charge in [0.15, 0.2) is 11.5 Å². The first-order valence-electron chi connectivity index (χ1n) is 19.7. The van der Waals surface area contributed by atoms with E-state index in [-0.39, 0.29) is 21.9 Å². The standard InChI is InChI=1S/C42H42B10N2O2/c1-41(49,42(50,51)52)40-53-24-15-5-6-16-25(24)54(40)23-14-8-12-21(18-23)20-11-7-13-22(17-20)27-29-28(32(43)36(47)37(48)33(29)44)26(19-9-3-2-4-10-19)30-31(27)35(46)39(56)38(55)34(30)45/h2-18,55-56H,43-52H2,1H3. The van der Waals surface area contributed by atoms with E-state index in [1.54, 1.807) is 0 Å². The Morgan fingerprint density at radius 3 is 1.55 bits per heavy atom. The van der Waals surface area contributed by atoms with Gasteiger partial charge in [0, 0.05) is 5.69 Å². The number of aromatic hydroxyl groups is 2. The molecule has 4 nitrogen and oxygen atoms in total. The lowest BCUT2D eigenvalue weighted by molar-refractivity contribution is 0.410. The lowest BCUT2D eigenvalue weighted by atomic mass is 9.28. The van der Waals surface area contributed by atoms with E-state index in [1.165, 1.54) is 32.6 Å². The number of phenolic OH excluding ortho intramolecular Hbond substituents is 2. The number of para-hydroxylation sites is 2. The van der Waals surface area contributed by atoms with Gasteiger partial charge in [0.2, 0.25) is 0 Å². The highest BCUT2D eigenvalue weighted by atomic mass is 16.3. The van der Waals surface area contributed by atoms with Crippen LogP contribution in [0.4, 0.5) is 0 Å². The fraction of sp³-hybridized carbons (Fsp3) is 0.0714. The second-order valence-corrected chi connectivity index (χ2v) is 17.3. The van der Waals surface area contributed by atoms with Crippen molar-refractivity contribution in [3.8, 4) is 50.6 Å². The zero-order valence-corrected chi connectivity index (χ0v) is 34.6. The molecule has 0 aliphatic heterocycles. The number of nitrogens with zero attached hydrogens (tertiary/aromatic N) is 2. The van der Waals surface area contributed by atoms with Gasteiger partial charge in [-0.05, 0) is 101 Å². The average molecular weight is 715 g/mol. The molecule has 0 aliphatic carbocycles. The SMILES string of the molecule is Bc1c(B)c(B)c2c(-c3cccc(-c4cccc(-n5c(C(B)(C)C(B)(B)B)nc6ccccc65)c4)c3)c3c(B)c(O)c(O)c(B)c3c(-c3ccccc3)c2c1B. The number of hydrogen-bond donors (Lipinski definition) is 2. The third-order valence-corrected chi connectivity index (χ3v) is 13.3. The molecule has 1 heterocycles. The van der Waals surface area contributed by atoms with E-state index in [1.807, 2.05) is 21.8 Å². The summed E-state index contributed by atoms with van der Waals surface area (Å²) in [5.41, 5.74) is 15.9. The molecule has 262 valence electrons. The topological polar surface area (TPSA) is 58.3 Å². The van der Waals surface area contributed by atoms with Gasteiger partial charge in [-0.15, -0.1) is 16.0 Å².